The van der Waals surface area contributed by atoms with E-state index in [1.165, 1.54) is 12.8 Å². The van der Waals surface area contributed by atoms with Gasteiger partial charge in [0.15, 0.2) is 0 Å². The van der Waals surface area contributed by atoms with E-state index in [9.17, 15) is 0 Å². The molecule has 1 aromatic heterocycles. The second kappa shape index (κ2) is 6.77. The average molecular weight is 227 g/mol. The molecule has 86 valence electrons. The number of aromatic nitrogens is 2. The Labute approximate surface area is 96.7 Å². The van der Waals surface area contributed by atoms with Crippen LogP contribution in [0.2, 0.25) is 0 Å². The Hall–Kier alpha value is -0.640. The molecule has 0 aromatic carbocycles. The van der Waals surface area contributed by atoms with Crippen LogP contribution in [0.1, 0.15) is 26.7 Å². The lowest BCUT2D eigenvalue weighted by atomic mass is 10.3. The fraction of sp³-hybridized carbons (Fsp3) is 0.727. The zero-order valence-corrected chi connectivity index (χ0v) is 10.7. The number of nitrogens with one attached hydrogen (secondary N) is 1. The van der Waals surface area contributed by atoms with E-state index in [0.29, 0.717) is 5.25 Å². The van der Waals surface area contributed by atoms with E-state index in [-0.39, 0.29) is 0 Å². The highest BCUT2D eigenvalue weighted by Gasteiger charge is 2.05. The molecule has 4 heteroatoms. The Kier molecular flexibility index (Phi) is 5.61. The van der Waals surface area contributed by atoms with Crippen LogP contribution in [-0.2, 0) is 6.54 Å². The summed E-state index contributed by atoms with van der Waals surface area (Å²) in [6.45, 7) is 6.47. The van der Waals surface area contributed by atoms with Crippen molar-refractivity contribution >= 4 is 17.7 Å². The smallest absolute Gasteiger partial charge is 0.202 e. The summed E-state index contributed by atoms with van der Waals surface area (Å²) in [6.07, 6.45) is 8.47. The van der Waals surface area contributed by atoms with Gasteiger partial charge in [0.2, 0.25) is 5.95 Å². The molecule has 3 nitrogen and oxygen atoms in total. The van der Waals surface area contributed by atoms with Gasteiger partial charge in [0.1, 0.15) is 0 Å². The van der Waals surface area contributed by atoms with E-state index >= 15 is 0 Å². The maximum Gasteiger partial charge on any atom is 0.202 e. The molecular formula is C11H21N3S. The number of unbranched alkanes of at least 4 members (excludes halogenated alkanes) is 1. The fourth-order valence-electron chi connectivity index (χ4n) is 1.35. The summed E-state index contributed by atoms with van der Waals surface area (Å²) in [5.41, 5.74) is 0. The van der Waals surface area contributed by atoms with Crippen molar-refractivity contribution in [2.24, 2.45) is 0 Å². The van der Waals surface area contributed by atoms with E-state index in [1.807, 2.05) is 24.2 Å². The maximum atomic E-state index is 4.32. The first-order valence-corrected chi connectivity index (χ1v) is 6.84. The van der Waals surface area contributed by atoms with Crippen molar-refractivity contribution in [1.29, 1.82) is 0 Å². The highest BCUT2D eigenvalue weighted by molar-refractivity contribution is 7.99. The molecule has 0 bridgehead atoms. The molecule has 1 heterocycles. The van der Waals surface area contributed by atoms with Crippen molar-refractivity contribution in [1.82, 2.24) is 9.55 Å². The summed E-state index contributed by atoms with van der Waals surface area (Å²) in [7, 11) is 0. The van der Waals surface area contributed by atoms with Crippen LogP contribution in [0.4, 0.5) is 5.95 Å². The van der Waals surface area contributed by atoms with Gasteiger partial charge >= 0.3 is 0 Å². The summed E-state index contributed by atoms with van der Waals surface area (Å²) in [4.78, 5) is 4.32. The Morgan fingerprint density at radius 1 is 1.60 bits per heavy atom. The van der Waals surface area contributed by atoms with Crippen LogP contribution in [0.5, 0.6) is 0 Å². The van der Waals surface area contributed by atoms with Gasteiger partial charge in [-0.25, -0.2) is 4.98 Å². The predicted molar refractivity (Wildman–Crippen MR) is 68.6 cm³/mol. The molecule has 0 aliphatic heterocycles. The van der Waals surface area contributed by atoms with Gasteiger partial charge in [-0.15, -0.1) is 0 Å². The van der Waals surface area contributed by atoms with E-state index in [4.69, 9.17) is 0 Å². The third-order valence-corrected chi connectivity index (χ3v) is 3.34. The summed E-state index contributed by atoms with van der Waals surface area (Å²) >= 11 is 1.88. The lowest BCUT2D eigenvalue weighted by Gasteiger charge is -2.12. The minimum Gasteiger partial charge on any atom is -0.356 e. The highest BCUT2D eigenvalue weighted by atomic mass is 32.2. The molecule has 0 fully saturated rings. The monoisotopic (exact) mass is 227 g/mol. The van der Waals surface area contributed by atoms with Crippen molar-refractivity contribution in [3.05, 3.63) is 12.4 Å². The van der Waals surface area contributed by atoms with Crippen molar-refractivity contribution in [2.45, 2.75) is 38.5 Å². The largest absolute Gasteiger partial charge is 0.356 e. The number of nitrogens with zero attached hydrogens (tertiary/aromatic N) is 2. The first-order valence-electron chi connectivity index (χ1n) is 5.55. The number of rotatable bonds is 7. The normalized spacial score (nSPS) is 12.7. The van der Waals surface area contributed by atoms with Crippen LogP contribution >= 0.6 is 11.8 Å². The maximum absolute atomic E-state index is 4.32. The number of hydrogen-bond donors (Lipinski definition) is 1. The van der Waals surface area contributed by atoms with E-state index in [2.05, 4.69) is 35.0 Å². The molecule has 1 unspecified atom stereocenters. The van der Waals surface area contributed by atoms with Crippen LogP contribution in [0.3, 0.4) is 0 Å². The van der Waals surface area contributed by atoms with Crippen molar-refractivity contribution in [3.63, 3.8) is 0 Å². The molecule has 0 radical (unpaired) electrons. The van der Waals surface area contributed by atoms with Gasteiger partial charge in [-0.05, 0) is 12.7 Å². The number of thioether (sulfide) groups is 1. The van der Waals surface area contributed by atoms with Gasteiger partial charge in [0, 0.05) is 30.7 Å². The Bertz CT molecular complexity index is 273. The zero-order chi connectivity index (χ0) is 11.1. The standard InChI is InChI=1S/C11H21N3S/c1-4-5-6-12-11-13-7-8-14(11)9-10(2)15-3/h7-8,10H,4-6,9H2,1-3H3,(H,12,13). The quantitative estimate of drug-likeness (QED) is 0.726. The van der Waals surface area contributed by atoms with Crippen LogP contribution in [0.25, 0.3) is 0 Å². The summed E-state index contributed by atoms with van der Waals surface area (Å²) in [6, 6.07) is 0. The molecule has 0 amide bonds. The third kappa shape index (κ3) is 4.16. The van der Waals surface area contributed by atoms with Crippen LogP contribution < -0.4 is 5.32 Å². The van der Waals surface area contributed by atoms with Crippen LogP contribution in [0, 0.1) is 0 Å². The molecule has 1 rings (SSSR count). The first kappa shape index (κ1) is 12.4. The minimum absolute atomic E-state index is 0.630. The van der Waals surface area contributed by atoms with Crippen molar-refractivity contribution < 1.29 is 0 Å². The van der Waals surface area contributed by atoms with E-state index < -0.39 is 0 Å². The second-order valence-corrected chi connectivity index (χ2v) is 5.01. The van der Waals surface area contributed by atoms with E-state index in [0.717, 1.165) is 19.0 Å². The van der Waals surface area contributed by atoms with E-state index in [1.54, 1.807) is 0 Å². The lowest BCUT2D eigenvalue weighted by Crippen LogP contribution is -2.13. The fourth-order valence-corrected chi connectivity index (χ4v) is 1.66. The molecule has 0 spiro atoms. The molecule has 0 saturated heterocycles. The van der Waals surface area contributed by atoms with Crippen LogP contribution in [-0.4, -0.2) is 27.6 Å². The van der Waals surface area contributed by atoms with Crippen molar-refractivity contribution in [3.8, 4) is 0 Å². The Morgan fingerprint density at radius 3 is 3.07 bits per heavy atom. The molecule has 1 aromatic rings. The van der Waals surface area contributed by atoms with Gasteiger partial charge in [-0.2, -0.15) is 11.8 Å². The molecule has 15 heavy (non-hydrogen) atoms. The predicted octanol–water partition coefficient (Wildman–Crippen LogP) is 2.85. The number of imidazole rings is 1. The summed E-state index contributed by atoms with van der Waals surface area (Å²) in [5.74, 6) is 1.00. The lowest BCUT2D eigenvalue weighted by molar-refractivity contribution is 0.692. The topological polar surface area (TPSA) is 29.9 Å². The zero-order valence-electron chi connectivity index (χ0n) is 9.86. The minimum atomic E-state index is 0.630. The molecule has 1 N–H and O–H groups in total. The third-order valence-electron chi connectivity index (χ3n) is 2.39. The molecule has 0 aliphatic carbocycles. The number of hydrogen-bond acceptors (Lipinski definition) is 3. The SMILES string of the molecule is CCCCNc1nccn1CC(C)SC. The molecule has 0 saturated carbocycles. The van der Waals surface area contributed by atoms with Gasteiger partial charge < -0.3 is 9.88 Å². The van der Waals surface area contributed by atoms with Gasteiger partial charge in [-0.3, -0.25) is 0 Å². The second-order valence-electron chi connectivity index (χ2n) is 3.73. The average Bonchev–Trinajstić information content (AvgIpc) is 2.66. The molecular weight excluding hydrogens is 206 g/mol. The van der Waals surface area contributed by atoms with Crippen LogP contribution in [0.15, 0.2) is 12.4 Å². The van der Waals surface area contributed by atoms with Gasteiger partial charge in [0.25, 0.3) is 0 Å². The summed E-state index contributed by atoms with van der Waals surface area (Å²) < 4.78 is 2.19. The van der Waals surface area contributed by atoms with Crippen molar-refractivity contribution in [2.75, 3.05) is 18.1 Å². The molecule has 1 atom stereocenters. The Morgan fingerprint density at radius 2 is 2.40 bits per heavy atom. The van der Waals surface area contributed by atoms with Gasteiger partial charge in [-0.1, -0.05) is 20.3 Å². The Balaban J connectivity index is 2.45. The highest BCUT2D eigenvalue weighted by Crippen LogP contribution is 2.12. The first-order chi connectivity index (χ1) is 7.27. The number of anilines is 1. The summed E-state index contributed by atoms with van der Waals surface area (Å²) in [5, 5.41) is 4.00. The van der Waals surface area contributed by atoms with Gasteiger partial charge in [0.05, 0.1) is 0 Å². The molecule has 0 aliphatic rings.